The van der Waals surface area contributed by atoms with Crippen molar-refractivity contribution in [2.45, 2.75) is 184 Å². The van der Waals surface area contributed by atoms with Gasteiger partial charge in [0.2, 0.25) is 23.6 Å². The molecule has 6 aromatic rings. The molecular weight excluding hydrogens is 1370 g/mol. The number of hydrogen-bond donors (Lipinski definition) is 0. The summed E-state index contributed by atoms with van der Waals surface area (Å²) in [6.07, 6.45) is 7.30. The van der Waals surface area contributed by atoms with E-state index in [0.29, 0.717) is 92.2 Å². The lowest BCUT2D eigenvalue weighted by Gasteiger charge is -2.25. The van der Waals surface area contributed by atoms with Crippen molar-refractivity contribution in [2.24, 2.45) is 17.8 Å². The maximum Gasteiger partial charge on any atom is 0.281 e. The van der Waals surface area contributed by atoms with Gasteiger partial charge in [-0.05, 0) is 151 Å². The van der Waals surface area contributed by atoms with Crippen LogP contribution in [0.1, 0.15) is 183 Å². The number of ether oxygens (including phenoxy) is 3. The lowest BCUT2D eigenvalue weighted by Crippen LogP contribution is -2.35. The fourth-order valence-corrected chi connectivity index (χ4v) is 15.1. The number of rotatable bonds is 21. The maximum absolute atomic E-state index is 13.7. The highest BCUT2D eigenvalue weighted by molar-refractivity contribution is 7.91. The minimum atomic E-state index is -3.62. The fraction of sp³-hybridized carbons (Fsp3) is 0.591. The number of carbonyl (C=O) groups is 3. The number of sulfone groups is 3. The average molecular weight is 1440 g/mol. The van der Waals surface area contributed by atoms with Crippen molar-refractivity contribution < 1.29 is 93.7 Å². The third-order valence-electron chi connectivity index (χ3n) is 20.6. The normalized spacial score (nSPS) is 25.6. The van der Waals surface area contributed by atoms with Crippen molar-refractivity contribution >= 4 is 47.2 Å². The lowest BCUT2D eigenvalue weighted by atomic mass is 10.1. The monoisotopic (exact) mass is 1440 g/mol. The van der Waals surface area contributed by atoms with Crippen molar-refractivity contribution in [3.8, 4) is 17.2 Å². The molecule has 6 aliphatic carbocycles. The molecule has 9 atom stereocenters. The zero-order valence-electron chi connectivity index (χ0n) is 55.6. The van der Waals surface area contributed by atoms with Crippen molar-refractivity contribution in [3.63, 3.8) is 0 Å². The molecule has 3 aromatic heterocycles. The first kappa shape index (κ1) is 69.8. The number of benzene rings is 3. The Morgan fingerprint density at radius 3 is 1.07 bits per heavy atom. The van der Waals surface area contributed by atoms with Crippen LogP contribution in [0.3, 0.4) is 0 Å². The average Bonchev–Trinajstić information content (AvgIpc) is 1.55. The van der Waals surface area contributed by atoms with Gasteiger partial charge in [-0.1, -0.05) is 10.3 Å². The molecule has 0 bridgehead atoms. The Balaban J connectivity index is 0.000000133. The highest BCUT2D eigenvalue weighted by Crippen LogP contribution is 2.62. The van der Waals surface area contributed by atoms with Gasteiger partial charge < -0.3 is 42.4 Å². The molecule has 6 saturated carbocycles. The Labute approximate surface area is 567 Å². The molecule has 0 spiro atoms. The van der Waals surface area contributed by atoms with E-state index in [9.17, 15) is 66.0 Å². The second-order valence-electron chi connectivity index (χ2n) is 28.9. The molecule has 0 radical (unpaired) electrons. The summed E-state index contributed by atoms with van der Waals surface area (Å²) in [4.78, 5) is 53.9. The summed E-state index contributed by atoms with van der Waals surface area (Å²) in [7, 11) is -10.9. The van der Waals surface area contributed by atoms with Gasteiger partial charge in [0.25, 0.3) is 35.5 Å². The van der Waals surface area contributed by atoms with Gasteiger partial charge >= 0.3 is 0 Å². The second-order valence-corrected chi connectivity index (χ2v) is 34.9. The first-order chi connectivity index (χ1) is 46.1. The van der Waals surface area contributed by atoms with Crippen LogP contribution in [-0.4, -0.2) is 182 Å². The molecule has 3 amide bonds. The van der Waals surface area contributed by atoms with Crippen molar-refractivity contribution in [1.82, 2.24) is 45.2 Å². The van der Waals surface area contributed by atoms with Gasteiger partial charge in [-0.3, -0.25) is 14.4 Å². The first-order valence-electron chi connectivity index (χ1n) is 32.7. The Morgan fingerprint density at radius 1 is 0.485 bits per heavy atom. The van der Waals surface area contributed by atoms with Gasteiger partial charge in [-0.2, -0.15) is 9.97 Å². The summed E-state index contributed by atoms with van der Waals surface area (Å²) in [5.41, 5.74) is -1.36. The molecule has 24 nitrogen and oxygen atoms in total. The van der Waals surface area contributed by atoms with Gasteiger partial charge in [-0.15, -0.1) is 10.2 Å². The minimum absolute atomic E-state index is 0.0605. The first-order valence-corrected chi connectivity index (χ1v) is 38.4. The van der Waals surface area contributed by atoms with E-state index in [1.165, 1.54) is 75.4 Å². The highest BCUT2D eigenvalue weighted by Gasteiger charge is 2.68. The van der Waals surface area contributed by atoms with E-state index < -0.39 is 99.6 Å². The number of hydrogen-bond acceptors (Lipinski definition) is 21. The molecule has 3 saturated heterocycles. The zero-order valence-corrected chi connectivity index (χ0v) is 58.1. The predicted octanol–water partition coefficient (Wildman–Crippen LogP) is 9.56. The van der Waals surface area contributed by atoms with Crippen LogP contribution >= 0.6 is 0 Å². The molecule has 6 heterocycles. The van der Waals surface area contributed by atoms with E-state index in [2.05, 4.69) is 30.5 Å². The summed E-state index contributed by atoms with van der Waals surface area (Å²) in [5.74, 6) is -5.92. The van der Waals surface area contributed by atoms with Gasteiger partial charge in [-0.25, -0.2) is 51.6 Å². The number of amides is 3. The minimum Gasteiger partial charge on any atom is -0.484 e. The molecular formula is C66H75F6N9O15S3. The van der Waals surface area contributed by atoms with Gasteiger partial charge in [0.15, 0.2) is 59.5 Å². The Morgan fingerprint density at radius 2 is 0.788 bits per heavy atom. The fourth-order valence-electron chi connectivity index (χ4n) is 13.1. The number of aromatic nitrogens is 6. The Bertz CT molecular complexity index is 4110. The van der Waals surface area contributed by atoms with Crippen molar-refractivity contribution in [1.29, 1.82) is 0 Å². The van der Waals surface area contributed by atoms with E-state index in [1.54, 1.807) is 14.7 Å². The largest absolute Gasteiger partial charge is 0.484 e. The molecule has 0 N–H and O–H groups in total. The molecule has 3 aromatic carbocycles. The van der Waals surface area contributed by atoms with Crippen LogP contribution in [0.5, 0.6) is 17.2 Å². The number of halogens is 6. The second kappa shape index (κ2) is 24.3. The summed E-state index contributed by atoms with van der Waals surface area (Å²) in [6.45, 7) is 8.09. The van der Waals surface area contributed by atoms with Crippen LogP contribution in [0.15, 0.2) is 82.7 Å². The quantitative estimate of drug-likeness (QED) is 0.0605. The van der Waals surface area contributed by atoms with Gasteiger partial charge in [0.05, 0.1) is 47.6 Å². The Hall–Kier alpha value is -7.68. The summed E-state index contributed by atoms with van der Waals surface area (Å²) >= 11 is 0. The Kier molecular flexibility index (Phi) is 17.1. The SMILES string of the molecule is C[C@@H](Oc1ccc(S(C)(=O)=O)cc1C(=O)N1CC2CC2(c2nc(C3CC3)no2)C1)C(C)(F)F.C[C@@H](Oc1ccc(S(C)(=O)=O)cc1C(=O)N1CC2CC2(c2nnc(C3CC3)o2)C1)C(C)(F)F.C[C@H](Oc1ccc(S(C)(=O)=O)cc1C(=O)N1CC2CC2(c2nc(C3CC3)no2)C1)C(C)(F)F. The van der Waals surface area contributed by atoms with Gasteiger partial charge in [0, 0.05) is 96.6 Å². The molecule has 3 aliphatic heterocycles. The van der Waals surface area contributed by atoms with E-state index >= 15 is 0 Å². The molecule has 99 heavy (non-hydrogen) atoms. The van der Waals surface area contributed by atoms with Crippen LogP contribution in [0.4, 0.5) is 26.3 Å². The van der Waals surface area contributed by atoms with Crippen LogP contribution < -0.4 is 14.2 Å². The number of likely N-dealkylation sites (tertiary alicyclic amines) is 3. The lowest BCUT2D eigenvalue weighted by molar-refractivity contribution is -0.0722. The number of piperidine rings is 3. The third-order valence-corrected chi connectivity index (χ3v) is 23.9. The van der Waals surface area contributed by atoms with Crippen LogP contribution in [0.25, 0.3) is 0 Å². The molecule has 534 valence electrons. The summed E-state index contributed by atoms with van der Waals surface area (Å²) in [5, 5.41) is 16.5. The van der Waals surface area contributed by atoms with Crippen molar-refractivity contribution in [2.75, 3.05) is 58.0 Å². The van der Waals surface area contributed by atoms with E-state index in [1.807, 2.05) is 0 Å². The molecule has 9 aliphatic rings. The van der Waals surface area contributed by atoms with Gasteiger partial charge in [0.1, 0.15) is 17.2 Å². The third kappa shape index (κ3) is 14.1. The highest BCUT2D eigenvalue weighted by atomic mass is 32.2. The summed E-state index contributed by atoms with van der Waals surface area (Å²) < 4.78 is 188. The number of alkyl halides is 6. The van der Waals surface area contributed by atoms with Crippen molar-refractivity contribution in [3.05, 3.63) is 106 Å². The van der Waals surface area contributed by atoms with E-state index in [0.717, 1.165) is 97.3 Å². The van der Waals surface area contributed by atoms with Crippen LogP contribution in [0, 0.1) is 17.8 Å². The zero-order chi connectivity index (χ0) is 71.3. The van der Waals surface area contributed by atoms with E-state index in [-0.39, 0.29) is 66.4 Å². The van der Waals surface area contributed by atoms with Crippen LogP contribution in [0.2, 0.25) is 0 Å². The number of nitrogens with zero attached hydrogens (tertiary/aromatic N) is 9. The smallest absolute Gasteiger partial charge is 0.281 e. The number of fused-ring (bicyclic) bond motifs is 3. The molecule has 15 rings (SSSR count). The molecule has 6 unspecified atom stereocenters. The number of carbonyl (C=O) groups excluding carboxylic acids is 3. The maximum atomic E-state index is 13.7. The molecule has 33 heteroatoms. The topological polar surface area (TPSA) is 308 Å². The predicted molar refractivity (Wildman–Crippen MR) is 337 cm³/mol. The standard InChI is InChI=1S/3C22H25F2N3O5S/c1-12(21(2,23)24)31-17-7-6-15(33(3,29)30)8-16(17)19(28)27-10-14-9-22(14,11-27)20-26-25-18(32-20)13-4-5-13;2*1-12(21(2,23)24)31-17-7-6-15(33(3,29)30)8-16(17)19(28)27-10-14-9-22(14,11-27)20-25-18(26-32-20)13-4-5-13/h3*6-8,12-14H,4-5,9-11H2,1-3H3/t3*12-,14?,22?/m110/s1. The summed E-state index contributed by atoms with van der Waals surface area (Å²) in [6, 6.07) is 11.1. The molecule has 9 fully saturated rings. The van der Waals surface area contributed by atoms with E-state index in [4.69, 9.17) is 27.7 Å². The van der Waals surface area contributed by atoms with Crippen LogP contribution in [-0.2, 0) is 45.8 Å².